The molecule has 0 fully saturated rings. The van der Waals surface area contributed by atoms with Crippen molar-refractivity contribution in [3.63, 3.8) is 0 Å². The van der Waals surface area contributed by atoms with Gasteiger partial charge in [-0.05, 0) is 79.2 Å². The minimum atomic E-state index is -0.524. The predicted molar refractivity (Wildman–Crippen MR) is 193 cm³/mol. The van der Waals surface area contributed by atoms with Crippen LogP contribution >= 0.6 is 34.7 Å². The molecule has 0 aliphatic heterocycles. The summed E-state index contributed by atoms with van der Waals surface area (Å²) >= 11 is 8.70. The fourth-order valence-electron chi connectivity index (χ4n) is 4.42. The molecule has 0 radical (unpaired) electrons. The van der Waals surface area contributed by atoms with Crippen LogP contribution in [0.2, 0.25) is 5.02 Å². The number of benzene rings is 4. The predicted octanol–water partition coefficient (Wildman–Crippen LogP) is 8.01. The molecule has 0 saturated heterocycles. The lowest BCUT2D eigenvalue weighted by Crippen LogP contribution is -2.30. The smallest absolute Gasteiger partial charge is 0.272 e. The summed E-state index contributed by atoms with van der Waals surface area (Å²) in [6, 6.07) is 28.2. The summed E-state index contributed by atoms with van der Waals surface area (Å²) in [6.45, 7) is 1.81. The zero-order chi connectivity index (χ0) is 34.0. The molecule has 0 aliphatic rings. The van der Waals surface area contributed by atoms with Gasteiger partial charge in [-0.1, -0.05) is 48.0 Å². The van der Waals surface area contributed by atoms with E-state index in [1.165, 1.54) is 37.3 Å². The Kier molecular flexibility index (Phi) is 11.5. The van der Waals surface area contributed by atoms with Gasteiger partial charge in [0.2, 0.25) is 5.91 Å². The molecule has 1 atom stereocenters. The number of ether oxygens (including phenoxy) is 2. The van der Waals surface area contributed by atoms with E-state index in [0.717, 1.165) is 16.2 Å². The number of amides is 3. The van der Waals surface area contributed by atoms with Crippen LogP contribution in [0.25, 0.3) is 17.3 Å². The number of nitrogens with zero attached hydrogens (tertiary/aromatic N) is 1. The quantitative estimate of drug-likeness (QED) is 0.0892. The van der Waals surface area contributed by atoms with Crippen LogP contribution in [0.1, 0.15) is 22.8 Å². The molecule has 1 heterocycles. The van der Waals surface area contributed by atoms with E-state index in [0.29, 0.717) is 38.5 Å². The van der Waals surface area contributed by atoms with Gasteiger partial charge in [0.25, 0.3) is 11.8 Å². The fourth-order valence-corrected chi connectivity index (χ4v) is 6.13. The summed E-state index contributed by atoms with van der Waals surface area (Å²) in [4.78, 5) is 44.7. The number of carbonyl (C=O) groups is 3. The Labute approximate surface area is 291 Å². The molecule has 0 aliphatic carbocycles. The second-order valence-corrected chi connectivity index (χ2v) is 13.0. The molecule has 1 unspecified atom stereocenters. The number of anilines is 2. The molecule has 5 aromatic rings. The maximum absolute atomic E-state index is 13.5. The summed E-state index contributed by atoms with van der Waals surface area (Å²) in [5.41, 5.74) is 3.22. The molecule has 5 rings (SSSR count). The molecule has 0 bridgehead atoms. The summed E-state index contributed by atoms with van der Waals surface area (Å²) in [6.07, 6.45) is 1.56. The Hall–Kier alpha value is -5.10. The van der Waals surface area contributed by atoms with Gasteiger partial charge in [0, 0.05) is 32.1 Å². The van der Waals surface area contributed by atoms with Crippen LogP contribution in [-0.4, -0.2) is 42.2 Å². The number of hydrogen-bond acceptors (Lipinski definition) is 8. The molecule has 0 saturated carbocycles. The highest BCUT2D eigenvalue weighted by Crippen LogP contribution is 2.30. The third-order valence-corrected chi connectivity index (χ3v) is 9.04. The number of aromatic nitrogens is 1. The van der Waals surface area contributed by atoms with Gasteiger partial charge in [-0.15, -0.1) is 23.1 Å². The molecular formula is C36H31ClN4O5S2. The number of nitrogens with one attached hydrogen (secondary N) is 3. The van der Waals surface area contributed by atoms with Gasteiger partial charge in [-0.3, -0.25) is 14.4 Å². The molecule has 3 N–H and O–H groups in total. The lowest BCUT2D eigenvalue weighted by molar-refractivity contribution is -0.115. The highest BCUT2D eigenvalue weighted by Gasteiger charge is 2.18. The fraction of sp³-hybridized carbons (Fsp3) is 0.111. The Bertz CT molecular complexity index is 1930. The van der Waals surface area contributed by atoms with E-state index in [1.54, 1.807) is 78.9 Å². The highest BCUT2D eigenvalue weighted by atomic mass is 35.5. The standard InChI is InChI=1S/C36H31ClN4O5S2/c1-22(33(42)41-36-40-30(21-47-36)24-10-12-26(37)13-11-24)48-28-16-14-27(15-17-28)38-35(44)29(39-34(43)25-7-5-4-6-8-25)19-23-9-18-31(45-2)32(20-23)46-3/h4-22H,1-3H3,(H,38,44)(H,39,43)(H,40,41,42)/b29-19-. The van der Waals surface area contributed by atoms with Crippen molar-refractivity contribution < 1.29 is 23.9 Å². The first kappa shape index (κ1) is 34.2. The number of carbonyl (C=O) groups excluding carboxylic acids is 3. The van der Waals surface area contributed by atoms with E-state index in [2.05, 4.69) is 20.9 Å². The van der Waals surface area contributed by atoms with E-state index < -0.39 is 17.1 Å². The number of rotatable bonds is 12. The van der Waals surface area contributed by atoms with Crippen LogP contribution in [0.5, 0.6) is 11.5 Å². The Balaban J connectivity index is 1.24. The molecule has 12 heteroatoms. The van der Waals surface area contributed by atoms with Gasteiger partial charge in [0.05, 0.1) is 25.2 Å². The van der Waals surface area contributed by atoms with Crippen LogP contribution in [0.15, 0.2) is 113 Å². The first-order chi connectivity index (χ1) is 23.2. The SMILES string of the molecule is COc1ccc(/C=C(\NC(=O)c2ccccc2)C(=O)Nc2ccc(SC(C)C(=O)Nc3nc(-c4ccc(Cl)cc4)cs3)cc2)cc1OC. The van der Waals surface area contributed by atoms with E-state index in [4.69, 9.17) is 21.1 Å². The van der Waals surface area contributed by atoms with Gasteiger partial charge in [-0.2, -0.15) is 0 Å². The third-order valence-electron chi connectivity index (χ3n) is 6.92. The lowest BCUT2D eigenvalue weighted by Gasteiger charge is -2.13. The Morgan fingerprint density at radius 1 is 0.875 bits per heavy atom. The Morgan fingerprint density at radius 3 is 2.27 bits per heavy atom. The first-order valence-electron chi connectivity index (χ1n) is 14.6. The number of hydrogen-bond donors (Lipinski definition) is 3. The summed E-state index contributed by atoms with van der Waals surface area (Å²) < 4.78 is 10.7. The zero-order valence-electron chi connectivity index (χ0n) is 26.2. The van der Waals surface area contributed by atoms with Gasteiger partial charge in [-0.25, -0.2) is 4.98 Å². The number of thiazole rings is 1. The van der Waals surface area contributed by atoms with Gasteiger partial charge < -0.3 is 25.4 Å². The van der Waals surface area contributed by atoms with Crippen LogP contribution in [0, 0.1) is 0 Å². The van der Waals surface area contributed by atoms with Crippen molar-refractivity contribution in [2.45, 2.75) is 17.1 Å². The minimum Gasteiger partial charge on any atom is -0.493 e. The number of thioether (sulfide) groups is 1. The average molecular weight is 699 g/mol. The number of halogens is 1. The van der Waals surface area contributed by atoms with Crippen molar-refractivity contribution in [1.29, 1.82) is 0 Å². The maximum atomic E-state index is 13.5. The third kappa shape index (κ3) is 9.03. The average Bonchev–Trinajstić information content (AvgIpc) is 3.57. The van der Waals surface area contributed by atoms with E-state index >= 15 is 0 Å². The maximum Gasteiger partial charge on any atom is 0.272 e. The minimum absolute atomic E-state index is 0.0289. The van der Waals surface area contributed by atoms with Crippen LogP contribution < -0.4 is 25.4 Å². The monoisotopic (exact) mass is 698 g/mol. The molecule has 4 aromatic carbocycles. The highest BCUT2D eigenvalue weighted by molar-refractivity contribution is 8.00. The van der Waals surface area contributed by atoms with Crippen molar-refractivity contribution in [2.75, 3.05) is 24.9 Å². The lowest BCUT2D eigenvalue weighted by atomic mass is 10.1. The van der Waals surface area contributed by atoms with E-state index in [-0.39, 0.29) is 11.6 Å². The normalized spacial score (nSPS) is 11.7. The van der Waals surface area contributed by atoms with Crippen molar-refractivity contribution >= 4 is 69.3 Å². The van der Waals surface area contributed by atoms with E-state index in [9.17, 15) is 14.4 Å². The first-order valence-corrected chi connectivity index (χ1v) is 16.8. The van der Waals surface area contributed by atoms with E-state index in [1.807, 2.05) is 36.6 Å². The second-order valence-electron chi connectivity index (χ2n) is 10.3. The number of methoxy groups -OCH3 is 2. The van der Waals surface area contributed by atoms with Gasteiger partial charge in [0.1, 0.15) is 5.70 Å². The second kappa shape index (κ2) is 16.1. The van der Waals surface area contributed by atoms with Crippen LogP contribution in [-0.2, 0) is 9.59 Å². The van der Waals surface area contributed by atoms with Gasteiger partial charge >= 0.3 is 0 Å². The largest absolute Gasteiger partial charge is 0.493 e. The molecule has 244 valence electrons. The Morgan fingerprint density at radius 2 is 1.58 bits per heavy atom. The zero-order valence-corrected chi connectivity index (χ0v) is 28.5. The summed E-state index contributed by atoms with van der Waals surface area (Å²) in [5, 5.41) is 11.1. The molecule has 3 amide bonds. The van der Waals surface area contributed by atoms with Crippen molar-refractivity contribution in [2.24, 2.45) is 0 Å². The molecule has 0 spiro atoms. The van der Waals surface area contributed by atoms with Crippen molar-refractivity contribution in [3.8, 4) is 22.8 Å². The van der Waals surface area contributed by atoms with Crippen LogP contribution in [0.4, 0.5) is 10.8 Å². The van der Waals surface area contributed by atoms with Crippen molar-refractivity contribution in [3.05, 3.63) is 124 Å². The van der Waals surface area contributed by atoms with Crippen molar-refractivity contribution in [1.82, 2.24) is 10.3 Å². The molecule has 9 nitrogen and oxygen atoms in total. The molecule has 48 heavy (non-hydrogen) atoms. The van der Waals surface area contributed by atoms with Gasteiger partial charge in [0.15, 0.2) is 16.6 Å². The topological polar surface area (TPSA) is 119 Å². The molecular weight excluding hydrogens is 668 g/mol. The van der Waals surface area contributed by atoms with Crippen LogP contribution in [0.3, 0.4) is 0 Å². The summed E-state index contributed by atoms with van der Waals surface area (Å²) in [5.74, 6) is -0.136. The summed E-state index contributed by atoms with van der Waals surface area (Å²) in [7, 11) is 3.05. The molecule has 1 aromatic heterocycles.